The highest BCUT2D eigenvalue weighted by molar-refractivity contribution is 7.99. The van der Waals surface area contributed by atoms with Crippen molar-refractivity contribution in [3.8, 4) is 5.75 Å². The van der Waals surface area contributed by atoms with Crippen LogP contribution in [0.15, 0.2) is 72.1 Å². The van der Waals surface area contributed by atoms with Crippen LogP contribution in [0.25, 0.3) is 0 Å². The van der Waals surface area contributed by atoms with Crippen LogP contribution >= 0.6 is 24.0 Å². The Morgan fingerprint density at radius 3 is 2.78 bits per heavy atom. The molecule has 0 amide bonds. The number of thiocarbonyl (C=S) groups is 1. The first kappa shape index (κ1) is 17.4. The Morgan fingerprint density at radius 2 is 2.00 bits per heavy atom. The topological polar surface area (TPSA) is 33.3 Å². The van der Waals surface area contributed by atoms with Crippen molar-refractivity contribution in [1.29, 1.82) is 0 Å². The third-order valence-corrected chi connectivity index (χ3v) is 4.12. The van der Waals surface area contributed by atoms with Crippen LogP contribution in [0.5, 0.6) is 5.75 Å². The van der Waals surface area contributed by atoms with Crippen molar-refractivity contribution in [2.75, 3.05) is 24.2 Å². The van der Waals surface area contributed by atoms with E-state index in [0.29, 0.717) is 11.7 Å². The summed E-state index contributed by atoms with van der Waals surface area (Å²) in [5, 5.41) is 6.98. The van der Waals surface area contributed by atoms with E-state index >= 15 is 0 Å². The van der Waals surface area contributed by atoms with E-state index in [-0.39, 0.29) is 0 Å². The van der Waals surface area contributed by atoms with Crippen LogP contribution in [0.4, 0.5) is 5.69 Å². The van der Waals surface area contributed by atoms with E-state index in [1.807, 2.05) is 42.5 Å². The minimum Gasteiger partial charge on any atom is -0.489 e. The van der Waals surface area contributed by atoms with Crippen LogP contribution in [0, 0.1) is 0 Å². The van der Waals surface area contributed by atoms with Gasteiger partial charge in [0.25, 0.3) is 0 Å². The van der Waals surface area contributed by atoms with E-state index in [1.165, 1.54) is 4.90 Å². The Morgan fingerprint density at radius 1 is 1.17 bits per heavy atom. The molecule has 120 valence electrons. The SMILES string of the molecule is C=CCOc1cccc(NC(=S)NCCSc2ccccc2)c1. The molecule has 23 heavy (non-hydrogen) atoms. The summed E-state index contributed by atoms with van der Waals surface area (Å²) in [7, 11) is 0. The van der Waals surface area contributed by atoms with Crippen molar-refractivity contribution >= 4 is 34.8 Å². The van der Waals surface area contributed by atoms with Crippen LogP contribution in [0.2, 0.25) is 0 Å². The van der Waals surface area contributed by atoms with Crippen LogP contribution in [0.1, 0.15) is 0 Å². The molecule has 0 saturated heterocycles. The molecule has 0 spiro atoms. The number of hydrogen-bond donors (Lipinski definition) is 2. The first-order valence-corrected chi connectivity index (χ1v) is 8.74. The lowest BCUT2D eigenvalue weighted by atomic mass is 10.3. The van der Waals surface area contributed by atoms with Crippen molar-refractivity contribution in [1.82, 2.24) is 5.32 Å². The zero-order valence-corrected chi connectivity index (χ0v) is 14.5. The maximum atomic E-state index is 5.50. The summed E-state index contributed by atoms with van der Waals surface area (Å²) >= 11 is 7.11. The molecule has 3 nitrogen and oxygen atoms in total. The predicted octanol–water partition coefficient (Wildman–Crippen LogP) is 4.33. The molecular formula is C18H20N2OS2. The largest absolute Gasteiger partial charge is 0.489 e. The second kappa shape index (κ2) is 9.92. The molecule has 0 fully saturated rings. The van der Waals surface area contributed by atoms with Crippen molar-refractivity contribution in [2.24, 2.45) is 0 Å². The first-order valence-electron chi connectivity index (χ1n) is 7.34. The highest BCUT2D eigenvalue weighted by Crippen LogP contribution is 2.18. The van der Waals surface area contributed by atoms with Crippen LogP contribution < -0.4 is 15.4 Å². The Labute approximate surface area is 147 Å². The summed E-state index contributed by atoms with van der Waals surface area (Å²) in [5.74, 6) is 1.74. The molecule has 2 aromatic rings. The molecule has 0 radical (unpaired) electrons. The normalized spacial score (nSPS) is 9.91. The van der Waals surface area contributed by atoms with Gasteiger partial charge in [0, 0.05) is 28.9 Å². The number of nitrogens with one attached hydrogen (secondary N) is 2. The summed E-state index contributed by atoms with van der Waals surface area (Å²) in [6.45, 7) is 4.93. The second-order valence-electron chi connectivity index (χ2n) is 4.67. The molecule has 5 heteroatoms. The standard InChI is InChI=1S/C18H20N2OS2/c1-2-12-21-16-8-6-7-15(14-16)20-18(22)19-11-13-23-17-9-4-3-5-10-17/h2-10,14H,1,11-13H2,(H2,19,20,22). The molecule has 0 aliphatic heterocycles. The zero-order valence-electron chi connectivity index (χ0n) is 12.8. The fourth-order valence-corrected chi connectivity index (χ4v) is 2.85. The van der Waals surface area contributed by atoms with Crippen LogP contribution in [-0.2, 0) is 0 Å². The van der Waals surface area contributed by atoms with Gasteiger partial charge in [-0.2, -0.15) is 0 Å². The van der Waals surface area contributed by atoms with E-state index < -0.39 is 0 Å². The molecule has 0 unspecified atom stereocenters. The lowest BCUT2D eigenvalue weighted by Gasteiger charge is -2.11. The second-order valence-corrected chi connectivity index (χ2v) is 6.25. The maximum Gasteiger partial charge on any atom is 0.170 e. The molecule has 2 rings (SSSR count). The molecule has 0 aliphatic rings. The van der Waals surface area contributed by atoms with E-state index in [1.54, 1.807) is 17.8 Å². The average molecular weight is 345 g/mol. The van der Waals surface area contributed by atoms with Gasteiger partial charge in [0.15, 0.2) is 5.11 Å². The van der Waals surface area contributed by atoms with Crippen LogP contribution in [-0.4, -0.2) is 24.0 Å². The molecule has 0 aliphatic carbocycles. The van der Waals surface area contributed by atoms with Gasteiger partial charge < -0.3 is 15.4 Å². The van der Waals surface area contributed by atoms with Crippen molar-refractivity contribution in [3.63, 3.8) is 0 Å². The minimum absolute atomic E-state index is 0.489. The van der Waals surface area contributed by atoms with Gasteiger partial charge in [-0.1, -0.05) is 36.9 Å². The molecule has 2 N–H and O–H groups in total. The van der Waals surface area contributed by atoms with E-state index in [4.69, 9.17) is 17.0 Å². The van der Waals surface area contributed by atoms with Crippen molar-refractivity contribution in [3.05, 3.63) is 67.3 Å². The number of rotatable bonds is 8. The first-order chi connectivity index (χ1) is 11.3. The molecule has 0 aromatic heterocycles. The lowest BCUT2D eigenvalue weighted by molar-refractivity contribution is 0.363. The molecule has 0 atom stereocenters. The summed E-state index contributed by atoms with van der Waals surface area (Å²) in [4.78, 5) is 1.26. The van der Waals surface area contributed by atoms with Gasteiger partial charge in [0.05, 0.1) is 0 Å². The Hall–Kier alpha value is -1.98. The summed E-state index contributed by atoms with van der Waals surface area (Å²) in [6.07, 6.45) is 1.72. The molecular weight excluding hydrogens is 324 g/mol. The maximum absolute atomic E-state index is 5.50. The van der Waals surface area contributed by atoms with Gasteiger partial charge in [0.2, 0.25) is 0 Å². The van der Waals surface area contributed by atoms with Crippen molar-refractivity contribution in [2.45, 2.75) is 4.90 Å². The molecule has 0 heterocycles. The van der Waals surface area contributed by atoms with Gasteiger partial charge >= 0.3 is 0 Å². The van der Waals surface area contributed by atoms with Crippen LogP contribution in [0.3, 0.4) is 0 Å². The Bertz CT molecular complexity index is 632. The molecule has 2 aromatic carbocycles. The smallest absolute Gasteiger partial charge is 0.170 e. The highest BCUT2D eigenvalue weighted by Gasteiger charge is 2.00. The summed E-state index contributed by atoms with van der Waals surface area (Å²) < 4.78 is 5.50. The number of thioether (sulfide) groups is 1. The van der Waals surface area contributed by atoms with E-state index in [0.717, 1.165) is 23.7 Å². The van der Waals surface area contributed by atoms with Gasteiger partial charge in [-0.3, -0.25) is 0 Å². The highest BCUT2D eigenvalue weighted by atomic mass is 32.2. The average Bonchev–Trinajstić information content (AvgIpc) is 2.58. The molecule has 0 bridgehead atoms. The van der Waals surface area contributed by atoms with E-state index in [9.17, 15) is 0 Å². The fraction of sp³-hybridized carbons (Fsp3) is 0.167. The van der Waals surface area contributed by atoms with Gasteiger partial charge in [-0.05, 0) is 36.5 Å². The van der Waals surface area contributed by atoms with E-state index in [2.05, 4.69) is 29.3 Å². The number of benzene rings is 2. The molecule has 0 saturated carbocycles. The Balaban J connectivity index is 1.71. The van der Waals surface area contributed by atoms with Crippen molar-refractivity contribution < 1.29 is 4.74 Å². The third-order valence-electron chi connectivity index (χ3n) is 2.86. The quantitative estimate of drug-likeness (QED) is 0.322. The van der Waals surface area contributed by atoms with Gasteiger partial charge in [-0.15, -0.1) is 11.8 Å². The number of ether oxygens (including phenoxy) is 1. The minimum atomic E-state index is 0.489. The lowest BCUT2D eigenvalue weighted by Crippen LogP contribution is -2.30. The Kier molecular flexibility index (Phi) is 7.49. The zero-order chi connectivity index (χ0) is 16.3. The summed E-state index contributed by atoms with van der Waals surface area (Å²) in [5.41, 5.74) is 0.903. The third kappa shape index (κ3) is 6.76. The number of anilines is 1. The van der Waals surface area contributed by atoms with Gasteiger partial charge in [0.1, 0.15) is 12.4 Å². The fourth-order valence-electron chi connectivity index (χ4n) is 1.84. The predicted molar refractivity (Wildman–Crippen MR) is 104 cm³/mol. The number of hydrogen-bond acceptors (Lipinski definition) is 3. The van der Waals surface area contributed by atoms with Gasteiger partial charge in [-0.25, -0.2) is 0 Å². The summed E-state index contributed by atoms with van der Waals surface area (Å²) in [6, 6.07) is 18.0. The monoisotopic (exact) mass is 344 g/mol.